The number of hydrogen-bond acceptors (Lipinski definition) is 5. The highest BCUT2D eigenvalue weighted by atomic mass is 32.2. The Hall–Kier alpha value is -2.61. The van der Waals surface area contributed by atoms with Crippen LogP contribution in [0.2, 0.25) is 0 Å². The van der Waals surface area contributed by atoms with Gasteiger partial charge in [0, 0.05) is 23.0 Å². The van der Waals surface area contributed by atoms with Crippen molar-refractivity contribution in [3.8, 4) is 11.5 Å². The van der Waals surface area contributed by atoms with Gasteiger partial charge in [-0.25, -0.2) is 8.42 Å². The molecule has 0 spiro atoms. The van der Waals surface area contributed by atoms with Gasteiger partial charge in [0.25, 0.3) is 15.9 Å². The Labute approximate surface area is 151 Å². The molecule has 7 nitrogen and oxygen atoms in total. The summed E-state index contributed by atoms with van der Waals surface area (Å²) in [7, 11) is -3.82. The molecule has 1 saturated carbocycles. The maximum Gasteiger partial charge on any atom is 0.264 e. The van der Waals surface area contributed by atoms with Gasteiger partial charge in [0.15, 0.2) is 0 Å². The first-order valence-electron chi connectivity index (χ1n) is 8.47. The Bertz CT molecular complexity index is 1060. The van der Waals surface area contributed by atoms with Crippen LogP contribution in [-0.2, 0) is 10.0 Å². The molecule has 0 saturated heterocycles. The van der Waals surface area contributed by atoms with Gasteiger partial charge >= 0.3 is 0 Å². The molecule has 4 rings (SSSR count). The molecule has 1 aromatic carbocycles. The summed E-state index contributed by atoms with van der Waals surface area (Å²) in [5.41, 5.74) is 3.20. The largest absolute Gasteiger partial charge is 0.420 e. The van der Waals surface area contributed by atoms with Crippen molar-refractivity contribution < 1.29 is 12.8 Å². The zero-order chi connectivity index (χ0) is 18.5. The van der Waals surface area contributed by atoms with E-state index in [1.54, 1.807) is 26.0 Å². The molecular formula is C18H20N4O3S. The van der Waals surface area contributed by atoms with Gasteiger partial charge in [-0.2, -0.15) is 0 Å². The smallest absolute Gasteiger partial charge is 0.264 e. The maximum absolute atomic E-state index is 13.0. The Balaban J connectivity index is 1.76. The molecule has 3 aromatic rings. The van der Waals surface area contributed by atoms with Gasteiger partial charge < -0.3 is 9.40 Å². The molecule has 0 unspecified atom stereocenters. The molecule has 1 aliphatic rings. The fourth-order valence-corrected chi connectivity index (χ4v) is 4.52. The molecule has 0 radical (unpaired) electrons. The van der Waals surface area contributed by atoms with E-state index in [4.69, 9.17) is 4.42 Å². The molecule has 0 amide bonds. The number of rotatable bonds is 5. The van der Waals surface area contributed by atoms with Gasteiger partial charge in [-0.3, -0.25) is 4.72 Å². The molecule has 26 heavy (non-hydrogen) atoms. The van der Waals surface area contributed by atoms with Gasteiger partial charge in [0.1, 0.15) is 4.90 Å². The predicted octanol–water partition coefficient (Wildman–Crippen LogP) is 3.67. The van der Waals surface area contributed by atoms with E-state index in [9.17, 15) is 8.42 Å². The molecule has 1 fully saturated rings. The summed E-state index contributed by atoms with van der Waals surface area (Å²) in [5, 5.41) is 8.16. The van der Waals surface area contributed by atoms with Crippen LogP contribution in [0.3, 0.4) is 0 Å². The number of aromatic nitrogens is 3. The Kier molecular flexibility index (Phi) is 3.87. The van der Waals surface area contributed by atoms with E-state index in [0.29, 0.717) is 34.4 Å². The van der Waals surface area contributed by atoms with Gasteiger partial charge in [-0.05, 0) is 45.7 Å². The lowest BCUT2D eigenvalue weighted by Crippen LogP contribution is -2.14. The summed E-state index contributed by atoms with van der Waals surface area (Å²) in [6.45, 7) is 5.47. The van der Waals surface area contributed by atoms with Crippen LogP contribution in [0, 0.1) is 20.8 Å². The summed E-state index contributed by atoms with van der Waals surface area (Å²) in [6.07, 6.45) is 2.07. The number of H-pyrrole nitrogens is 1. The third-order valence-corrected chi connectivity index (χ3v) is 6.02. The average Bonchev–Trinajstić information content (AvgIpc) is 3.23. The van der Waals surface area contributed by atoms with Crippen molar-refractivity contribution in [1.29, 1.82) is 0 Å². The first kappa shape index (κ1) is 16.8. The summed E-state index contributed by atoms with van der Waals surface area (Å²) >= 11 is 0. The number of sulfonamides is 1. The van der Waals surface area contributed by atoms with Crippen molar-refractivity contribution in [3.05, 3.63) is 47.1 Å². The van der Waals surface area contributed by atoms with Gasteiger partial charge in [-0.15, -0.1) is 10.2 Å². The first-order chi connectivity index (χ1) is 12.3. The third kappa shape index (κ3) is 3.01. The number of hydrogen-bond donors (Lipinski definition) is 2. The van der Waals surface area contributed by atoms with Gasteiger partial charge in [0.05, 0.1) is 5.56 Å². The van der Waals surface area contributed by atoms with Crippen LogP contribution in [0.5, 0.6) is 0 Å². The minimum Gasteiger partial charge on any atom is -0.420 e. The van der Waals surface area contributed by atoms with Crippen molar-refractivity contribution >= 4 is 15.7 Å². The summed E-state index contributed by atoms with van der Waals surface area (Å²) in [6, 6.07) is 7.18. The van der Waals surface area contributed by atoms with E-state index in [1.807, 2.05) is 19.1 Å². The maximum atomic E-state index is 13.0. The first-order valence-corrected chi connectivity index (χ1v) is 9.96. The van der Waals surface area contributed by atoms with Crippen molar-refractivity contribution in [2.24, 2.45) is 0 Å². The molecule has 0 aliphatic heterocycles. The third-order valence-electron chi connectivity index (χ3n) is 4.47. The van der Waals surface area contributed by atoms with Crippen LogP contribution < -0.4 is 4.72 Å². The Morgan fingerprint density at radius 2 is 1.77 bits per heavy atom. The van der Waals surface area contributed by atoms with Crippen LogP contribution in [-0.4, -0.2) is 23.6 Å². The monoisotopic (exact) mass is 372 g/mol. The quantitative estimate of drug-likeness (QED) is 0.712. The summed E-state index contributed by atoms with van der Waals surface area (Å²) in [5.74, 6) is 1.12. The second-order valence-electron chi connectivity index (χ2n) is 6.77. The number of aryl methyl sites for hydroxylation is 3. The number of benzene rings is 1. The lowest BCUT2D eigenvalue weighted by molar-refractivity contribution is 0.507. The fraction of sp³-hybridized carbons (Fsp3) is 0.333. The van der Waals surface area contributed by atoms with Gasteiger partial charge in [-0.1, -0.05) is 17.7 Å². The number of aromatic amines is 1. The summed E-state index contributed by atoms with van der Waals surface area (Å²) < 4.78 is 34.5. The lowest BCUT2D eigenvalue weighted by atomic mass is 10.2. The highest BCUT2D eigenvalue weighted by Crippen LogP contribution is 2.41. The molecular weight excluding hydrogens is 352 g/mol. The zero-order valence-electron chi connectivity index (χ0n) is 14.8. The van der Waals surface area contributed by atoms with Crippen LogP contribution in [0.25, 0.3) is 11.5 Å². The highest BCUT2D eigenvalue weighted by molar-refractivity contribution is 7.93. The van der Waals surface area contributed by atoms with E-state index in [2.05, 4.69) is 19.9 Å². The number of nitrogens with zero attached hydrogens (tertiary/aromatic N) is 2. The highest BCUT2D eigenvalue weighted by Gasteiger charge is 2.33. The fourth-order valence-electron chi connectivity index (χ4n) is 3.01. The average molecular weight is 372 g/mol. The minimum absolute atomic E-state index is 0.140. The normalized spacial score (nSPS) is 14.6. The topological polar surface area (TPSA) is 101 Å². The second kappa shape index (κ2) is 5.98. The predicted molar refractivity (Wildman–Crippen MR) is 97.5 cm³/mol. The Morgan fingerprint density at radius 1 is 1.08 bits per heavy atom. The molecule has 8 heteroatoms. The van der Waals surface area contributed by atoms with Crippen LogP contribution in [0.1, 0.15) is 41.6 Å². The van der Waals surface area contributed by atoms with E-state index in [1.165, 1.54) is 0 Å². The zero-order valence-corrected chi connectivity index (χ0v) is 15.6. The molecule has 2 aromatic heterocycles. The van der Waals surface area contributed by atoms with Crippen LogP contribution in [0.15, 0.2) is 33.6 Å². The van der Waals surface area contributed by atoms with E-state index in [0.717, 1.165) is 18.4 Å². The minimum atomic E-state index is -3.82. The van der Waals surface area contributed by atoms with Crippen molar-refractivity contribution in [2.45, 2.75) is 44.4 Å². The summed E-state index contributed by atoms with van der Waals surface area (Å²) in [4.78, 5) is 3.22. The number of nitrogens with one attached hydrogen (secondary N) is 2. The lowest BCUT2D eigenvalue weighted by Gasteiger charge is -2.09. The molecule has 0 atom stereocenters. The van der Waals surface area contributed by atoms with Gasteiger partial charge in [0.2, 0.25) is 5.89 Å². The molecule has 0 bridgehead atoms. The molecule has 2 N–H and O–H groups in total. The van der Waals surface area contributed by atoms with E-state index >= 15 is 0 Å². The second-order valence-corrected chi connectivity index (χ2v) is 8.39. The molecule has 2 heterocycles. The van der Waals surface area contributed by atoms with E-state index in [-0.39, 0.29) is 10.8 Å². The molecule has 1 aliphatic carbocycles. The van der Waals surface area contributed by atoms with E-state index < -0.39 is 10.0 Å². The standard InChI is InChI=1S/C18H20N4O3S/c1-10-4-8-14(9-5-10)22-26(23,24)16-12(3)19-11(2)15(16)18-21-20-17(25-18)13-6-7-13/h4-5,8-9,13,19,22H,6-7H2,1-3H3. The Morgan fingerprint density at radius 3 is 2.42 bits per heavy atom. The van der Waals surface area contributed by atoms with Crippen LogP contribution >= 0.6 is 0 Å². The SMILES string of the molecule is Cc1ccc(NS(=O)(=O)c2c(C)[nH]c(C)c2-c2nnc(C3CC3)o2)cc1. The van der Waals surface area contributed by atoms with Crippen LogP contribution in [0.4, 0.5) is 5.69 Å². The van der Waals surface area contributed by atoms with Crippen molar-refractivity contribution in [2.75, 3.05) is 4.72 Å². The number of anilines is 1. The molecule has 136 valence electrons. The van der Waals surface area contributed by atoms with Crippen molar-refractivity contribution in [1.82, 2.24) is 15.2 Å². The van der Waals surface area contributed by atoms with Crippen molar-refractivity contribution in [3.63, 3.8) is 0 Å².